The van der Waals surface area contributed by atoms with Crippen molar-refractivity contribution in [3.05, 3.63) is 64.9 Å². The van der Waals surface area contributed by atoms with Gasteiger partial charge in [0.05, 0.1) is 16.9 Å². The van der Waals surface area contributed by atoms with Crippen molar-refractivity contribution < 1.29 is 33.6 Å². The van der Waals surface area contributed by atoms with Crippen LogP contribution in [0.4, 0.5) is 0 Å². The highest BCUT2D eigenvalue weighted by Crippen LogP contribution is 2.50. The zero-order chi connectivity index (χ0) is 25.9. The molecule has 10 heteroatoms. The van der Waals surface area contributed by atoms with Crippen molar-refractivity contribution in [2.75, 3.05) is 13.2 Å². The maximum atomic E-state index is 13.7. The van der Waals surface area contributed by atoms with Crippen LogP contribution in [-0.2, 0) is 27.8 Å². The minimum absolute atomic E-state index is 0.0763. The van der Waals surface area contributed by atoms with Crippen molar-refractivity contribution in [1.29, 1.82) is 0 Å². The Morgan fingerprint density at radius 2 is 1.86 bits per heavy atom. The second-order valence-corrected chi connectivity index (χ2v) is 11.7. The maximum Gasteiger partial charge on any atom is 0.352 e. The summed E-state index contributed by atoms with van der Waals surface area (Å²) in [5.74, 6) is -2.12. The summed E-state index contributed by atoms with van der Waals surface area (Å²) in [4.78, 5) is 13.8. The molecule has 2 aromatic rings. The van der Waals surface area contributed by atoms with Gasteiger partial charge >= 0.3 is 5.97 Å². The first kappa shape index (κ1) is 24.9. The largest absolute Gasteiger partial charge is 0.477 e. The Morgan fingerprint density at radius 1 is 1.17 bits per heavy atom. The molecule has 1 unspecified atom stereocenters. The monoisotopic (exact) mass is 514 g/mol. The molecule has 9 nitrogen and oxygen atoms in total. The molecule has 1 saturated heterocycles. The average Bonchev–Trinajstić information content (AvgIpc) is 3.22. The summed E-state index contributed by atoms with van der Waals surface area (Å²) >= 11 is 0. The minimum atomic E-state index is -3.95. The van der Waals surface area contributed by atoms with Gasteiger partial charge in [-0.15, -0.1) is 0 Å². The highest BCUT2D eigenvalue weighted by Gasteiger charge is 2.59. The van der Waals surface area contributed by atoms with Crippen LogP contribution in [0.3, 0.4) is 0 Å². The number of nitrogens with zero attached hydrogens (tertiary/aromatic N) is 2. The molecule has 192 valence electrons. The number of benzene rings is 2. The van der Waals surface area contributed by atoms with Gasteiger partial charge in [-0.1, -0.05) is 37.3 Å². The second-order valence-electron chi connectivity index (χ2n) is 9.83. The number of aliphatic hydroxyl groups excluding tert-OH is 3. The van der Waals surface area contributed by atoms with E-state index in [1.807, 2.05) is 43.3 Å². The van der Waals surface area contributed by atoms with E-state index in [1.165, 1.54) is 9.21 Å². The van der Waals surface area contributed by atoms with Crippen molar-refractivity contribution in [2.45, 2.75) is 50.1 Å². The molecule has 2 aromatic carbocycles. The number of carboxylic acids is 1. The zero-order valence-electron chi connectivity index (χ0n) is 20.1. The van der Waals surface area contributed by atoms with E-state index in [9.17, 15) is 33.6 Å². The number of hydrogen-bond donors (Lipinski definition) is 4. The van der Waals surface area contributed by atoms with Gasteiger partial charge in [0.15, 0.2) is 0 Å². The molecule has 3 aliphatic heterocycles. The van der Waals surface area contributed by atoms with E-state index >= 15 is 0 Å². The molecule has 0 bridgehead atoms. The van der Waals surface area contributed by atoms with Gasteiger partial charge < -0.3 is 25.3 Å². The third-order valence-electron chi connectivity index (χ3n) is 7.75. The quantitative estimate of drug-likeness (QED) is 0.435. The molecule has 3 aliphatic rings. The molecule has 0 radical (unpaired) electrons. The van der Waals surface area contributed by atoms with E-state index in [2.05, 4.69) is 0 Å². The Hall–Kier alpha value is -2.76. The second kappa shape index (κ2) is 8.97. The SMILES string of the molecule is C[C@@H](O)[C@H]1C(O)N2C(C(=O)O)=C(CN3Cc4cc(-c5ccccc5)cc(CCO)c4S3(=O)=O)[C@H](C)[C@H]12. The lowest BCUT2D eigenvalue weighted by Crippen LogP contribution is -2.66. The van der Waals surface area contributed by atoms with E-state index in [4.69, 9.17) is 0 Å². The number of aliphatic carboxylic acids is 1. The standard InChI is InChI=1S/C26H30N2O7S/c1-14-20(23(26(32)33)28-22(14)21(15(2)30)25(28)31)13-27-12-19-11-18(16-6-4-3-5-7-16)10-17(8-9-29)24(19)36(27,34)35/h3-7,10-11,14-15,21-22,25,29-31H,8-9,12-13H2,1-2H3,(H,32,33)/t14-,15+,21+,22+,25?/m0/s1. The Kier molecular flexibility index (Phi) is 6.20. The zero-order valence-corrected chi connectivity index (χ0v) is 20.9. The molecule has 0 amide bonds. The van der Waals surface area contributed by atoms with Crippen molar-refractivity contribution in [3.63, 3.8) is 0 Å². The van der Waals surface area contributed by atoms with Gasteiger partial charge in [-0.05, 0) is 53.3 Å². The molecule has 5 rings (SSSR count). The van der Waals surface area contributed by atoms with Crippen LogP contribution in [0.1, 0.15) is 25.0 Å². The summed E-state index contributed by atoms with van der Waals surface area (Å²) in [7, 11) is -3.95. The van der Waals surface area contributed by atoms with E-state index in [0.29, 0.717) is 16.7 Å². The molecule has 0 saturated carbocycles. The fraction of sp³-hybridized carbons (Fsp3) is 0.423. The first-order valence-corrected chi connectivity index (χ1v) is 13.4. The van der Waals surface area contributed by atoms with Crippen molar-refractivity contribution in [3.8, 4) is 11.1 Å². The summed E-state index contributed by atoms with van der Waals surface area (Å²) in [5, 5.41) is 40.3. The molecule has 0 spiro atoms. The van der Waals surface area contributed by atoms with Crippen LogP contribution in [0.2, 0.25) is 0 Å². The van der Waals surface area contributed by atoms with E-state index in [0.717, 1.165) is 11.1 Å². The number of carboxylic acid groups (broad SMARTS) is 1. The number of carbonyl (C=O) groups is 1. The van der Waals surface area contributed by atoms with Crippen molar-refractivity contribution >= 4 is 16.0 Å². The van der Waals surface area contributed by atoms with Crippen LogP contribution >= 0.6 is 0 Å². The molecular weight excluding hydrogens is 484 g/mol. The highest BCUT2D eigenvalue weighted by atomic mass is 32.2. The summed E-state index contributed by atoms with van der Waals surface area (Å²) in [6.45, 7) is 3.11. The smallest absolute Gasteiger partial charge is 0.352 e. The first-order chi connectivity index (χ1) is 17.1. The summed E-state index contributed by atoms with van der Waals surface area (Å²) < 4.78 is 28.6. The number of hydrogen-bond acceptors (Lipinski definition) is 7. The molecule has 4 N–H and O–H groups in total. The normalized spacial score (nSPS) is 27.5. The minimum Gasteiger partial charge on any atom is -0.477 e. The summed E-state index contributed by atoms with van der Waals surface area (Å²) in [6.07, 6.45) is -1.80. The highest BCUT2D eigenvalue weighted by molar-refractivity contribution is 7.89. The maximum absolute atomic E-state index is 13.7. The fourth-order valence-corrected chi connectivity index (χ4v) is 7.93. The van der Waals surface area contributed by atoms with Crippen molar-refractivity contribution in [1.82, 2.24) is 9.21 Å². The predicted molar refractivity (Wildman–Crippen MR) is 131 cm³/mol. The third-order valence-corrected chi connectivity index (χ3v) is 9.73. The van der Waals surface area contributed by atoms with Gasteiger partial charge in [-0.3, -0.25) is 0 Å². The molecule has 0 aromatic heterocycles. The first-order valence-electron chi connectivity index (χ1n) is 12.0. The van der Waals surface area contributed by atoms with E-state index in [1.54, 1.807) is 13.0 Å². The van der Waals surface area contributed by atoms with Crippen LogP contribution < -0.4 is 0 Å². The number of aliphatic hydroxyl groups is 3. The van der Waals surface area contributed by atoms with Crippen LogP contribution in [0.5, 0.6) is 0 Å². The average molecular weight is 515 g/mol. The Morgan fingerprint density at radius 3 is 2.47 bits per heavy atom. The third kappa shape index (κ3) is 3.67. The topological polar surface area (TPSA) is 139 Å². The molecule has 5 atom stereocenters. The predicted octanol–water partition coefficient (Wildman–Crippen LogP) is 1.38. The van der Waals surface area contributed by atoms with Gasteiger partial charge in [0.1, 0.15) is 11.9 Å². The number of sulfonamides is 1. The van der Waals surface area contributed by atoms with Crippen molar-refractivity contribution in [2.24, 2.45) is 11.8 Å². The fourth-order valence-electron chi connectivity index (χ4n) is 6.11. The van der Waals surface area contributed by atoms with Crippen LogP contribution in [0.15, 0.2) is 58.6 Å². The van der Waals surface area contributed by atoms with Crippen LogP contribution in [-0.4, -0.2) is 75.5 Å². The molecular formula is C26H30N2O7S. The molecule has 36 heavy (non-hydrogen) atoms. The van der Waals surface area contributed by atoms with Gasteiger partial charge in [0, 0.05) is 31.7 Å². The number of fused-ring (bicyclic) bond motifs is 2. The van der Waals surface area contributed by atoms with Gasteiger partial charge in [-0.25, -0.2) is 13.2 Å². The number of rotatable bonds is 7. The Balaban J connectivity index is 1.53. The van der Waals surface area contributed by atoms with E-state index in [-0.39, 0.29) is 42.6 Å². The summed E-state index contributed by atoms with van der Waals surface area (Å²) in [5.41, 5.74) is 3.23. The lowest BCUT2D eigenvalue weighted by Gasteiger charge is -2.53. The van der Waals surface area contributed by atoms with E-state index < -0.39 is 40.3 Å². The molecule has 1 fully saturated rings. The lowest BCUT2D eigenvalue weighted by molar-refractivity contribution is -0.192. The van der Waals surface area contributed by atoms with Gasteiger partial charge in [0.2, 0.25) is 10.0 Å². The Labute approximate surface area is 210 Å². The van der Waals surface area contributed by atoms with Crippen LogP contribution in [0.25, 0.3) is 11.1 Å². The lowest BCUT2D eigenvalue weighted by atomic mass is 9.77. The molecule has 3 heterocycles. The Bertz CT molecular complexity index is 1340. The van der Waals surface area contributed by atoms with Crippen LogP contribution in [0, 0.1) is 11.8 Å². The van der Waals surface area contributed by atoms with Gasteiger partial charge in [-0.2, -0.15) is 4.31 Å². The summed E-state index contributed by atoms with van der Waals surface area (Å²) in [6, 6.07) is 12.8. The van der Waals surface area contributed by atoms with Gasteiger partial charge in [0.25, 0.3) is 0 Å². The molecule has 0 aliphatic carbocycles.